The highest BCUT2D eigenvalue weighted by atomic mass is 16.6. The summed E-state index contributed by atoms with van der Waals surface area (Å²) in [5.74, 6) is 1.83. The smallest absolute Gasteiger partial charge is 0.315 e. The van der Waals surface area contributed by atoms with Gasteiger partial charge in [0.25, 0.3) is 0 Å². The Balaban J connectivity index is 1.57. The zero-order valence-electron chi connectivity index (χ0n) is 12.0. The first-order chi connectivity index (χ1) is 10.0. The Kier molecular flexibility index (Phi) is 2.57. The number of carbonyl (C=O) groups is 1. The van der Waals surface area contributed by atoms with Crippen molar-refractivity contribution in [2.75, 3.05) is 13.2 Å². The average molecular weight is 288 g/mol. The summed E-state index contributed by atoms with van der Waals surface area (Å²) in [4.78, 5) is 11.4. The molecular weight excluding hydrogens is 272 g/mol. The van der Waals surface area contributed by atoms with E-state index in [2.05, 4.69) is 0 Å². The van der Waals surface area contributed by atoms with Crippen molar-refractivity contribution in [3.63, 3.8) is 0 Å². The van der Waals surface area contributed by atoms with Crippen LogP contribution in [-0.4, -0.2) is 30.9 Å². The van der Waals surface area contributed by atoms with E-state index >= 15 is 0 Å². The lowest BCUT2D eigenvalue weighted by atomic mass is 10.0. The Labute approximate surface area is 122 Å². The zero-order valence-corrected chi connectivity index (χ0v) is 12.0. The largest absolute Gasteiger partial charge is 0.490 e. The van der Waals surface area contributed by atoms with Gasteiger partial charge in [-0.15, -0.1) is 0 Å². The number of carbonyl (C=O) groups excluding carboxylic acids is 1. The number of esters is 1. The van der Waals surface area contributed by atoms with Crippen LogP contribution in [-0.2, 0) is 20.7 Å². The van der Waals surface area contributed by atoms with E-state index in [0.29, 0.717) is 31.1 Å². The number of hydrogen-bond acceptors (Lipinski definition) is 5. The summed E-state index contributed by atoms with van der Waals surface area (Å²) < 4.78 is 22.2. The van der Waals surface area contributed by atoms with Crippen molar-refractivity contribution in [3.05, 3.63) is 29.3 Å². The molecule has 110 valence electrons. The Bertz CT molecular complexity index is 659. The number of fused-ring (bicyclic) bond motifs is 2. The molecule has 0 amide bonds. The molecule has 1 aromatic rings. The summed E-state index contributed by atoms with van der Waals surface area (Å²) >= 11 is 0. The van der Waals surface area contributed by atoms with Crippen molar-refractivity contribution in [2.24, 2.45) is 0 Å². The summed E-state index contributed by atoms with van der Waals surface area (Å²) in [7, 11) is 0. The Morgan fingerprint density at radius 3 is 2.90 bits per heavy atom. The number of epoxide rings is 1. The third kappa shape index (κ3) is 2.17. The van der Waals surface area contributed by atoms with Crippen LogP contribution in [0.5, 0.6) is 11.5 Å². The maximum Gasteiger partial charge on any atom is 0.315 e. The van der Waals surface area contributed by atoms with Gasteiger partial charge < -0.3 is 18.9 Å². The summed E-state index contributed by atoms with van der Waals surface area (Å²) in [5, 5.41) is 0. The molecule has 0 spiro atoms. The monoisotopic (exact) mass is 288 g/mol. The molecule has 3 heterocycles. The summed E-state index contributed by atoms with van der Waals surface area (Å²) in [6, 6.07) is 3.68. The van der Waals surface area contributed by atoms with Gasteiger partial charge in [-0.2, -0.15) is 0 Å². The van der Waals surface area contributed by atoms with Gasteiger partial charge in [0.05, 0.1) is 17.6 Å². The fraction of sp³-hybridized carbons (Fsp3) is 0.438. The highest BCUT2D eigenvalue weighted by Crippen LogP contribution is 2.40. The van der Waals surface area contributed by atoms with Crippen molar-refractivity contribution in [3.8, 4) is 11.5 Å². The van der Waals surface area contributed by atoms with Gasteiger partial charge in [0, 0.05) is 11.6 Å². The maximum absolute atomic E-state index is 11.4. The van der Waals surface area contributed by atoms with Crippen LogP contribution >= 0.6 is 0 Å². The predicted octanol–water partition coefficient (Wildman–Crippen LogP) is 2.08. The number of ether oxygens (including phenoxy) is 4. The SMILES string of the molecule is CC1(C)OC1COC1=CCOc2cc3c(cc21)CC(=O)O3. The quantitative estimate of drug-likeness (QED) is 0.484. The van der Waals surface area contributed by atoms with Gasteiger partial charge in [-0.05, 0) is 26.0 Å². The Morgan fingerprint density at radius 1 is 1.33 bits per heavy atom. The van der Waals surface area contributed by atoms with Crippen LogP contribution < -0.4 is 9.47 Å². The van der Waals surface area contributed by atoms with Crippen LogP contribution in [0, 0.1) is 0 Å². The molecule has 0 radical (unpaired) electrons. The van der Waals surface area contributed by atoms with Crippen molar-refractivity contribution in [2.45, 2.75) is 32.0 Å². The van der Waals surface area contributed by atoms with Crippen molar-refractivity contribution < 1.29 is 23.7 Å². The van der Waals surface area contributed by atoms with E-state index < -0.39 is 0 Å². The molecule has 5 nitrogen and oxygen atoms in total. The van der Waals surface area contributed by atoms with E-state index in [1.165, 1.54) is 0 Å². The zero-order chi connectivity index (χ0) is 14.6. The van der Waals surface area contributed by atoms with Gasteiger partial charge in [0.15, 0.2) is 0 Å². The molecule has 0 aromatic heterocycles. The minimum absolute atomic E-state index is 0.0905. The van der Waals surface area contributed by atoms with Gasteiger partial charge in [-0.25, -0.2) is 0 Å². The minimum atomic E-state index is -0.230. The fourth-order valence-electron chi connectivity index (χ4n) is 2.65. The number of hydrogen-bond donors (Lipinski definition) is 0. The lowest BCUT2D eigenvalue weighted by Gasteiger charge is -2.19. The molecule has 4 rings (SSSR count). The molecule has 0 saturated carbocycles. The summed E-state index contributed by atoms with van der Waals surface area (Å²) in [5.41, 5.74) is 1.66. The van der Waals surface area contributed by atoms with Crippen LogP contribution in [0.2, 0.25) is 0 Å². The molecule has 1 fully saturated rings. The van der Waals surface area contributed by atoms with E-state index in [1.807, 2.05) is 26.0 Å². The highest BCUT2D eigenvalue weighted by Gasteiger charge is 2.48. The van der Waals surface area contributed by atoms with E-state index in [0.717, 1.165) is 16.9 Å². The van der Waals surface area contributed by atoms with E-state index in [1.54, 1.807) is 6.07 Å². The first-order valence-electron chi connectivity index (χ1n) is 7.04. The van der Waals surface area contributed by atoms with Crippen molar-refractivity contribution >= 4 is 11.7 Å². The molecular formula is C16H16O5. The van der Waals surface area contributed by atoms with Gasteiger partial charge in [-0.3, -0.25) is 4.79 Å². The molecule has 1 aromatic carbocycles. The van der Waals surface area contributed by atoms with E-state index in [-0.39, 0.29) is 17.7 Å². The molecule has 0 N–H and O–H groups in total. The van der Waals surface area contributed by atoms with Gasteiger partial charge >= 0.3 is 5.97 Å². The van der Waals surface area contributed by atoms with Crippen LogP contribution in [0.25, 0.3) is 5.76 Å². The van der Waals surface area contributed by atoms with Gasteiger partial charge in [0.2, 0.25) is 0 Å². The Hall–Kier alpha value is -2.01. The fourth-order valence-corrected chi connectivity index (χ4v) is 2.65. The third-order valence-electron chi connectivity index (χ3n) is 4.05. The van der Waals surface area contributed by atoms with Crippen LogP contribution in [0.3, 0.4) is 0 Å². The topological polar surface area (TPSA) is 57.3 Å². The van der Waals surface area contributed by atoms with Crippen LogP contribution in [0.15, 0.2) is 18.2 Å². The molecule has 5 heteroatoms. The molecule has 21 heavy (non-hydrogen) atoms. The second-order valence-corrected chi connectivity index (χ2v) is 6.01. The van der Waals surface area contributed by atoms with Crippen LogP contribution in [0.4, 0.5) is 0 Å². The minimum Gasteiger partial charge on any atom is -0.490 e. The molecule has 1 saturated heterocycles. The van der Waals surface area contributed by atoms with E-state index in [4.69, 9.17) is 18.9 Å². The lowest BCUT2D eigenvalue weighted by Crippen LogP contribution is -2.12. The molecule has 0 aliphatic carbocycles. The maximum atomic E-state index is 11.4. The summed E-state index contributed by atoms with van der Waals surface area (Å²) in [6.45, 7) is 5.06. The second-order valence-electron chi connectivity index (χ2n) is 6.01. The normalized spacial score (nSPS) is 24.4. The number of benzene rings is 1. The molecule has 3 aliphatic rings. The van der Waals surface area contributed by atoms with Crippen LogP contribution in [0.1, 0.15) is 25.0 Å². The Morgan fingerprint density at radius 2 is 2.14 bits per heavy atom. The van der Waals surface area contributed by atoms with Gasteiger partial charge in [0.1, 0.15) is 36.6 Å². The molecule has 1 atom stereocenters. The number of rotatable bonds is 3. The molecule has 1 unspecified atom stereocenters. The molecule has 3 aliphatic heterocycles. The highest BCUT2D eigenvalue weighted by molar-refractivity contribution is 5.83. The van der Waals surface area contributed by atoms with Gasteiger partial charge in [-0.1, -0.05) is 0 Å². The predicted molar refractivity (Wildman–Crippen MR) is 74.2 cm³/mol. The lowest BCUT2D eigenvalue weighted by molar-refractivity contribution is -0.131. The third-order valence-corrected chi connectivity index (χ3v) is 4.05. The standard InChI is InChI=1S/C16H16O5/c1-16(2)14(21-16)8-19-11-3-4-18-13-7-12-9(5-10(11)13)6-15(17)20-12/h3,5,7,14H,4,6,8H2,1-2H3. The first kappa shape index (κ1) is 12.7. The van der Waals surface area contributed by atoms with Crippen molar-refractivity contribution in [1.82, 2.24) is 0 Å². The average Bonchev–Trinajstić information content (AvgIpc) is 2.87. The first-order valence-corrected chi connectivity index (χ1v) is 7.04. The molecule has 0 bridgehead atoms. The van der Waals surface area contributed by atoms with E-state index in [9.17, 15) is 4.79 Å². The second kappa shape index (κ2) is 4.24. The summed E-state index contributed by atoms with van der Waals surface area (Å²) in [6.07, 6.45) is 2.33. The van der Waals surface area contributed by atoms with Crippen molar-refractivity contribution in [1.29, 1.82) is 0 Å².